The van der Waals surface area contributed by atoms with Gasteiger partial charge in [0.15, 0.2) is 0 Å². The number of para-hydroxylation sites is 1. The number of benzene rings is 1. The predicted molar refractivity (Wildman–Crippen MR) is 138 cm³/mol. The molecule has 0 aliphatic heterocycles. The Morgan fingerprint density at radius 2 is 1.51 bits per heavy atom. The number of hydrogen-bond acceptors (Lipinski definition) is 4. The van der Waals surface area contributed by atoms with Crippen LogP contribution in [0.4, 0.5) is 0 Å². The molecule has 0 bridgehead atoms. The minimum atomic E-state index is -0.743. The molecule has 0 aliphatic carbocycles. The van der Waals surface area contributed by atoms with Gasteiger partial charge in [-0.2, -0.15) is 0 Å². The molecule has 1 aromatic heterocycles. The highest BCUT2D eigenvalue weighted by molar-refractivity contribution is 5.92. The Bertz CT molecular complexity index is 998. The zero-order chi connectivity index (χ0) is 26.0. The number of carbonyl (C=O) groups is 4. The van der Waals surface area contributed by atoms with E-state index in [-0.39, 0.29) is 35.6 Å². The molecule has 192 valence electrons. The summed E-state index contributed by atoms with van der Waals surface area (Å²) in [6, 6.07) is 6.24. The van der Waals surface area contributed by atoms with Gasteiger partial charge < -0.3 is 25.7 Å². The third-order valence-electron chi connectivity index (χ3n) is 5.86. The van der Waals surface area contributed by atoms with Gasteiger partial charge in [-0.25, -0.2) is 0 Å². The number of carbonyl (C=O) groups excluding carboxylic acids is 4. The molecule has 0 saturated carbocycles. The number of hydrogen-bond donors (Lipinski definition) is 4. The number of aromatic amines is 1. The van der Waals surface area contributed by atoms with Gasteiger partial charge in [0.2, 0.25) is 17.7 Å². The lowest BCUT2D eigenvalue weighted by atomic mass is 9.98. The quantitative estimate of drug-likeness (QED) is 0.308. The second-order valence-electron chi connectivity index (χ2n) is 10.1. The number of rotatable bonds is 14. The van der Waals surface area contributed by atoms with Crippen LogP contribution >= 0.6 is 0 Å². The summed E-state index contributed by atoms with van der Waals surface area (Å²) in [6.45, 7) is 9.30. The Labute approximate surface area is 208 Å². The lowest BCUT2D eigenvalue weighted by Gasteiger charge is -2.27. The summed E-state index contributed by atoms with van der Waals surface area (Å²) in [4.78, 5) is 52.3. The molecule has 1 heterocycles. The molecule has 0 saturated heterocycles. The van der Waals surface area contributed by atoms with Crippen molar-refractivity contribution in [3.63, 3.8) is 0 Å². The van der Waals surface area contributed by atoms with Gasteiger partial charge in [-0.05, 0) is 49.1 Å². The molecule has 8 heteroatoms. The summed E-state index contributed by atoms with van der Waals surface area (Å²) in [5.41, 5.74) is 2.07. The Morgan fingerprint density at radius 3 is 2.11 bits per heavy atom. The Hall–Kier alpha value is -3.16. The van der Waals surface area contributed by atoms with Crippen molar-refractivity contribution < 1.29 is 19.2 Å². The van der Waals surface area contributed by atoms with E-state index in [1.165, 1.54) is 6.92 Å². The minimum Gasteiger partial charge on any atom is -0.361 e. The highest BCUT2D eigenvalue weighted by Crippen LogP contribution is 2.20. The van der Waals surface area contributed by atoms with Gasteiger partial charge in [0.1, 0.15) is 18.4 Å². The molecule has 35 heavy (non-hydrogen) atoms. The largest absolute Gasteiger partial charge is 0.361 e. The monoisotopic (exact) mass is 484 g/mol. The van der Waals surface area contributed by atoms with Crippen LogP contribution in [0.15, 0.2) is 30.5 Å². The molecule has 4 N–H and O–H groups in total. The number of aromatic nitrogens is 1. The molecule has 0 unspecified atom stereocenters. The number of aldehydes is 1. The highest BCUT2D eigenvalue weighted by Gasteiger charge is 2.28. The van der Waals surface area contributed by atoms with E-state index in [4.69, 9.17) is 0 Å². The van der Waals surface area contributed by atoms with Crippen LogP contribution in [0.5, 0.6) is 0 Å². The van der Waals surface area contributed by atoms with Crippen molar-refractivity contribution in [3.05, 3.63) is 36.0 Å². The molecule has 0 fully saturated rings. The first-order chi connectivity index (χ1) is 16.6. The second-order valence-corrected chi connectivity index (χ2v) is 10.1. The standard InChI is InChI=1S/C27H40N4O4/c1-17(2)13-24(29-19(5)33)27(35)31-25(14-18(3)4)26(34)30-21(9-8-12-32)15-20-16-28-23-11-7-6-10-22(20)23/h6-7,10-12,16-18,21,24-25,28H,8-9,13-15H2,1-5H3,(H,29,33)(H,30,34)(H,31,35)/t21-,24+,25+/m1/s1. The van der Waals surface area contributed by atoms with Crippen molar-refractivity contribution in [2.75, 3.05) is 0 Å². The van der Waals surface area contributed by atoms with Gasteiger partial charge in [0.05, 0.1) is 0 Å². The lowest BCUT2D eigenvalue weighted by molar-refractivity contribution is -0.132. The first-order valence-corrected chi connectivity index (χ1v) is 12.5. The van der Waals surface area contributed by atoms with Crippen LogP contribution < -0.4 is 16.0 Å². The molecular formula is C27H40N4O4. The summed E-state index contributed by atoms with van der Waals surface area (Å²) < 4.78 is 0. The predicted octanol–water partition coefficient (Wildman–Crippen LogP) is 3.26. The SMILES string of the molecule is CC(=O)N[C@@H](CC(C)C)C(=O)N[C@@H](CC(C)C)C(=O)N[C@H](CCC=O)Cc1c[nH]c2ccccc12. The summed E-state index contributed by atoms with van der Waals surface area (Å²) in [5, 5.41) is 9.72. The number of fused-ring (bicyclic) bond motifs is 1. The maximum Gasteiger partial charge on any atom is 0.243 e. The third-order valence-corrected chi connectivity index (χ3v) is 5.86. The molecular weight excluding hydrogens is 444 g/mol. The normalized spacial score (nSPS) is 13.9. The van der Waals surface area contributed by atoms with Gasteiger partial charge >= 0.3 is 0 Å². The van der Waals surface area contributed by atoms with Crippen molar-refractivity contribution in [1.82, 2.24) is 20.9 Å². The van der Waals surface area contributed by atoms with E-state index in [0.717, 1.165) is 22.8 Å². The number of amides is 3. The van der Waals surface area contributed by atoms with Gasteiger partial charge in [-0.3, -0.25) is 14.4 Å². The lowest BCUT2D eigenvalue weighted by Crippen LogP contribution is -2.55. The molecule has 3 atom stereocenters. The van der Waals surface area contributed by atoms with Crippen LogP contribution in [-0.4, -0.2) is 47.1 Å². The van der Waals surface area contributed by atoms with E-state index in [9.17, 15) is 19.2 Å². The van der Waals surface area contributed by atoms with Crippen molar-refractivity contribution in [2.24, 2.45) is 11.8 Å². The van der Waals surface area contributed by atoms with Gasteiger partial charge in [-0.1, -0.05) is 45.9 Å². The highest BCUT2D eigenvalue weighted by atomic mass is 16.2. The fourth-order valence-corrected chi connectivity index (χ4v) is 4.29. The van der Waals surface area contributed by atoms with Crippen LogP contribution in [0, 0.1) is 11.8 Å². The van der Waals surface area contributed by atoms with Crippen LogP contribution in [0.1, 0.15) is 65.9 Å². The van der Waals surface area contributed by atoms with Gasteiger partial charge in [0, 0.05) is 36.5 Å². The molecule has 0 radical (unpaired) electrons. The van der Waals surface area contributed by atoms with E-state index >= 15 is 0 Å². The first-order valence-electron chi connectivity index (χ1n) is 12.5. The van der Waals surface area contributed by atoms with Crippen molar-refractivity contribution in [1.29, 1.82) is 0 Å². The van der Waals surface area contributed by atoms with Crippen molar-refractivity contribution in [2.45, 2.75) is 84.8 Å². The van der Waals surface area contributed by atoms with E-state index in [2.05, 4.69) is 20.9 Å². The zero-order valence-corrected chi connectivity index (χ0v) is 21.5. The van der Waals surface area contributed by atoms with Crippen molar-refractivity contribution >= 4 is 34.9 Å². The molecule has 3 amide bonds. The molecule has 0 aliphatic rings. The molecule has 2 aromatic rings. The van der Waals surface area contributed by atoms with E-state index in [1.807, 2.05) is 58.2 Å². The van der Waals surface area contributed by atoms with Crippen molar-refractivity contribution in [3.8, 4) is 0 Å². The van der Waals surface area contributed by atoms with Gasteiger partial charge in [0.25, 0.3) is 0 Å². The summed E-state index contributed by atoms with van der Waals surface area (Å²) in [5.74, 6) is -0.579. The summed E-state index contributed by atoms with van der Waals surface area (Å²) >= 11 is 0. The molecule has 0 spiro atoms. The maximum absolute atomic E-state index is 13.3. The number of nitrogens with one attached hydrogen (secondary N) is 4. The van der Waals surface area contributed by atoms with E-state index in [0.29, 0.717) is 32.1 Å². The fourth-order valence-electron chi connectivity index (χ4n) is 4.29. The van der Waals surface area contributed by atoms with Crippen LogP contribution in [0.25, 0.3) is 10.9 Å². The Kier molecular flexibility index (Phi) is 11.0. The Balaban J connectivity index is 2.17. The van der Waals surface area contributed by atoms with Crippen LogP contribution in [0.2, 0.25) is 0 Å². The second kappa shape index (κ2) is 13.7. The molecule has 8 nitrogen and oxygen atoms in total. The minimum absolute atomic E-state index is 0.164. The summed E-state index contributed by atoms with van der Waals surface area (Å²) in [6.07, 6.45) is 5.11. The maximum atomic E-state index is 13.3. The first kappa shape index (κ1) is 28.1. The third kappa shape index (κ3) is 9.19. The average molecular weight is 485 g/mol. The van der Waals surface area contributed by atoms with E-state index < -0.39 is 12.1 Å². The zero-order valence-electron chi connectivity index (χ0n) is 21.5. The smallest absolute Gasteiger partial charge is 0.243 e. The van der Waals surface area contributed by atoms with Gasteiger partial charge in [-0.15, -0.1) is 0 Å². The molecule has 1 aromatic carbocycles. The topological polar surface area (TPSA) is 120 Å². The fraction of sp³-hybridized carbons (Fsp3) is 0.556. The number of H-pyrrole nitrogens is 1. The Morgan fingerprint density at radius 1 is 0.914 bits per heavy atom. The van der Waals surface area contributed by atoms with Crippen LogP contribution in [0.3, 0.4) is 0 Å². The molecule has 2 rings (SSSR count). The average Bonchev–Trinajstić information content (AvgIpc) is 3.18. The summed E-state index contributed by atoms with van der Waals surface area (Å²) in [7, 11) is 0. The van der Waals surface area contributed by atoms with Crippen LogP contribution in [-0.2, 0) is 25.6 Å². The van der Waals surface area contributed by atoms with E-state index in [1.54, 1.807) is 0 Å².